The first kappa shape index (κ1) is 19.9. The number of nitrogens with one attached hydrogen (secondary N) is 1. The molecule has 1 fully saturated rings. The lowest BCUT2D eigenvalue weighted by Gasteiger charge is -2.31. The number of anilines is 1. The maximum atomic E-state index is 12.6. The molecular weight excluding hydrogens is 354 g/mol. The van der Waals surface area contributed by atoms with Crippen molar-refractivity contribution >= 4 is 34.1 Å². The SMILES string of the molecule is CCOC(=O)c1sc(NC(=O)C2CCCN(C(=O)CC)C2)c(C#N)c1C. The van der Waals surface area contributed by atoms with Crippen LogP contribution in [0, 0.1) is 24.2 Å². The van der Waals surface area contributed by atoms with Crippen molar-refractivity contribution in [1.29, 1.82) is 5.26 Å². The number of nitriles is 1. The van der Waals surface area contributed by atoms with Crippen molar-refractivity contribution in [3.63, 3.8) is 0 Å². The predicted octanol–water partition coefficient (Wildman–Crippen LogP) is 2.69. The van der Waals surface area contributed by atoms with Gasteiger partial charge in [0.1, 0.15) is 15.9 Å². The molecule has 2 heterocycles. The minimum atomic E-state index is -0.496. The second-order valence-electron chi connectivity index (χ2n) is 6.11. The molecule has 2 rings (SSSR count). The number of carbonyl (C=O) groups excluding carboxylic acids is 3. The molecule has 7 nitrogen and oxygen atoms in total. The summed E-state index contributed by atoms with van der Waals surface area (Å²) in [5.74, 6) is -1.01. The molecule has 0 aromatic carbocycles. The zero-order valence-electron chi connectivity index (χ0n) is 15.3. The first-order chi connectivity index (χ1) is 12.4. The summed E-state index contributed by atoms with van der Waals surface area (Å²) < 4.78 is 5.00. The molecule has 8 heteroatoms. The van der Waals surface area contributed by atoms with Crippen molar-refractivity contribution in [3.05, 3.63) is 16.0 Å². The fraction of sp³-hybridized carbons (Fsp3) is 0.556. The lowest BCUT2D eigenvalue weighted by molar-refractivity contribution is -0.134. The van der Waals surface area contributed by atoms with Crippen molar-refractivity contribution in [2.75, 3.05) is 25.0 Å². The fourth-order valence-electron chi connectivity index (χ4n) is 2.98. The number of carbonyl (C=O) groups is 3. The Hall–Kier alpha value is -2.40. The number of likely N-dealkylation sites (tertiary alicyclic amines) is 1. The number of nitrogens with zero attached hydrogens (tertiary/aromatic N) is 2. The molecule has 2 amide bonds. The molecule has 0 saturated carbocycles. The van der Waals surface area contributed by atoms with Crippen molar-refractivity contribution in [2.45, 2.75) is 40.0 Å². The summed E-state index contributed by atoms with van der Waals surface area (Å²) in [6, 6.07) is 2.05. The van der Waals surface area contributed by atoms with Crippen LogP contribution in [-0.2, 0) is 14.3 Å². The molecular formula is C18H23N3O4S. The van der Waals surface area contributed by atoms with E-state index in [4.69, 9.17) is 4.74 Å². The topological polar surface area (TPSA) is 99.5 Å². The van der Waals surface area contributed by atoms with E-state index in [0.717, 1.165) is 17.8 Å². The third-order valence-corrected chi connectivity index (χ3v) is 5.59. The van der Waals surface area contributed by atoms with Crippen LogP contribution in [0.1, 0.15) is 53.9 Å². The molecule has 0 bridgehead atoms. The Labute approximate surface area is 156 Å². The third kappa shape index (κ3) is 4.22. The summed E-state index contributed by atoms with van der Waals surface area (Å²) in [5.41, 5.74) is 0.793. The van der Waals surface area contributed by atoms with Crippen LogP contribution in [0.3, 0.4) is 0 Å². The smallest absolute Gasteiger partial charge is 0.348 e. The van der Waals surface area contributed by atoms with E-state index >= 15 is 0 Å². The van der Waals surface area contributed by atoms with E-state index in [1.807, 2.05) is 6.07 Å². The number of ether oxygens (including phenoxy) is 1. The molecule has 140 valence electrons. The van der Waals surface area contributed by atoms with Gasteiger partial charge >= 0.3 is 5.97 Å². The summed E-state index contributed by atoms with van der Waals surface area (Å²) in [6.45, 7) is 6.47. The van der Waals surface area contributed by atoms with E-state index in [0.29, 0.717) is 41.4 Å². The average molecular weight is 377 g/mol. The summed E-state index contributed by atoms with van der Waals surface area (Å²) >= 11 is 1.05. The number of piperidine rings is 1. The quantitative estimate of drug-likeness (QED) is 0.795. The Morgan fingerprint density at radius 3 is 2.73 bits per heavy atom. The average Bonchev–Trinajstić information content (AvgIpc) is 2.96. The van der Waals surface area contributed by atoms with E-state index in [2.05, 4.69) is 5.32 Å². The summed E-state index contributed by atoms with van der Waals surface area (Å²) in [7, 11) is 0. The van der Waals surface area contributed by atoms with Gasteiger partial charge in [0.25, 0.3) is 0 Å². The van der Waals surface area contributed by atoms with Crippen molar-refractivity contribution in [3.8, 4) is 6.07 Å². The van der Waals surface area contributed by atoms with Crippen molar-refractivity contribution in [1.82, 2.24) is 4.90 Å². The Morgan fingerprint density at radius 1 is 1.38 bits per heavy atom. The Morgan fingerprint density at radius 2 is 2.12 bits per heavy atom. The molecule has 26 heavy (non-hydrogen) atoms. The zero-order valence-corrected chi connectivity index (χ0v) is 16.1. The van der Waals surface area contributed by atoms with Crippen LogP contribution in [0.25, 0.3) is 0 Å². The first-order valence-corrected chi connectivity index (χ1v) is 9.53. The Balaban J connectivity index is 2.16. The highest BCUT2D eigenvalue weighted by molar-refractivity contribution is 7.18. The molecule has 1 N–H and O–H groups in total. The van der Waals surface area contributed by atoms with Crippen molar-refractivity contribution < 1.29 is 19.1 Å². The van der Waals surface area contributed by atoms with Crippen LogP contribution < -0.4 is 5.32 Å². The number of hydrogen-bond donors (Lipinski definition) is 1. The van der Waals surface area contributed by atoms with Crippen LogP contribution in [0.4, 0.5) is 5.00 Å². The van der Waals surface area contributed by atoms with Gasteiger partial charge in [-0.3, -0.25) is 9.59 Å². The number of rotatable bonds is 5. The lowest BCUT2D eigenvalue weighted by Crippen LogP contribution is -2.43. The Kier molecular flexibility index (Phi) is 6.75. The van der Waals surface area contributed by atoms with Gasteiger partial charge in [0.2, 0.25) is 11.8 Å². The summed E-state index contributed by atoms with van der Waals surface area (Å²) in [4.78, 5) is 38.6. The number of thiophene rings is 1. The molecule has 1 aliphatic heterocycles. The minimum Gasteiger partial charge on any atom is -0.462 e. The van der Waals surface area contributed by atoms with E-state index in [1.165, 1.54) is 0 Å². The molecule has 0 aliphatic carbocycles. The fourth-order valence-corrected chi connectivity index (χ4v) is 4.04. The number of amides is 2. The minimum absolute atomic E-state index is 0.0387. The van der Waals surface area contributed by atoms with Gasteiger partial charge in [-0.25, -0.2) is 4.79 Å². The third-order valence-electron chi connectivity index (χ3n) is 4.40. The summed E-state index contributed by atoms with van der Waals surface area (Å²) in [6.07, 6.45) is 1.88. The van der Waals surface area contributed by atoms with Gasteiger partial charge in [0.05, 0.1) is 18.1 Å². The maximum absolute atomic E-state index is 12.6. The summed E-state index contributed by atoms with van der Waals surface area (Å²) in [5, 5.41) is 12.5. The second-order valence-corrected chi connectivity index (χ2v) is 7.13. The molecule has 0 radical (unpaired) electrons. The van der Waals surface area contributed by atoms with Gasteiger partial charge in [-0.15, -0.1) is 11.3 Å². The van der Waals surface area contributed by atoms with Gasteiger partial charge in [-0.1, -0.05) is 6.92 Å². The molecule has 1 aliphatic rings. The van der Waals surface area contributed by atoms with Crippen LogP contribution in [0.2, 0.25) is 0 Å². The Bertz CT molecular complexity index is 750. The highest BCUT2D eigenvalue weighted by atomic mass is 32.1. The molecule has 1 unspecified atom stereocenters. The predicted molar refractivity (Wildman–Crippen MR) is 98.0 cm³/mol. The standard InChI is InChI=1S/C18H23N3O4S/c1-4-14(22)21-8-6-7-12(10-21)16(23)20-17-13(9-19)11(3)15(26-17)18(24)25-5-2/h12H,4-8,10H2,1-3H3,(H,20,23). The number of hydrogen-bond acceptors (Lipinski definition) is 6. The largest absolute Gasteiger partial charge is 0.462 e. The first-order valence-electron chi connectivity index (χ1n) is 8.72. The normalized spacial score (nSPS) is 16.7. The van der Waals surface area contributed by atoms with Crippen LogP contribution in [0.5, 0.6) is 0 Å². The van der Waals surface area contributed by atoms with Crippen LogP contribution >= 0.6 is 11.3 Å². The van der Waals surface area contributed by atoms with Crippen LogP contribution in [0.15, 0.2) is 0 Å². The highest BCUT2D eigenvalue weighted by Crippen LogP contribution is 2.33. The number of esters is 1. The van der Waals surface area contributed by atoms with Crippen molar-refractivity contribution in [2.24, 2.45) is 5.92 Å². The van der Waals surface area contributed by atoms with Gasteiger partial charge in [0, 0.05) is 19.5 Å². The van der Waals surface area contributed by atoms with Crippen LogP contribution in [-0.4, -0.2) is 42.4 Å². The molecule has 1 aromatic rings. The van der Waals surface area contributed by atoms with Gasteiger partial charge < -0.3 is 15.0 Å². The second kappa shape index (κ2) is 8.81. The zero-order chi connectivity index (χ0) is 19.3. The van der Waals surface area contributed by atoms with E-state index in [9.17, 15) is 19.6 Å². The monoisotopic (exact) mass is 377 g/mol. The van der Waals surface area contributed by atoms with E-state index in [1.54, 1.807) is 25.7 Å². The molecule has 1 saturated heterocycles. The highest BCUT2D eigenvalue weighted by Gasteiger charge is 2.29. The van der Waals surface area contributed by atoms with Gasteiger partial charge in [-0.05, 0) is 32.3 Å². The molecule has 1 atom stereocenters. The van der Waals surface area contributed by atoms with Gasteiger partial charge in [0.15, 0.2) is 0 Å². The molecule has 0 spiro atoms. The van der Waals surface area contributed by atoms with E-state index in [-0.39, 0.29) is 29.9 Å². The molecule has 1 aromatic heterocycles. The van der Waals surface area contributed by atoms with E-state index < -0.39 is 5.97 Å². The maximum Gasteiger partial charge on any atom is 0.348 e. The lowest BCUT2D eigenvalue weighted by atomic mass is 9.97. The van der Waals surface area contributed by atoms with Gasteiger partial charge in [-0.2, -0.15) is 5.26 Å².